The van der Waals surface area contributed by atoms with Crippen LogP contribution in [0.1, 0.15) is 30.4 Å². The lowest BCUT2D eigenvalue weighted by atomic mass is 10.0. The number of methoxy groups -OCH3 is 1. The number of hydrogen-bond acceptors (Lipinski definition) is 3. The molecule has 0 bridgehead atoms. The van der Waals surface area contributed by atoms with Crippen molar-refractivity contribution in [2.45, 2.75) is 32.1 Å². The summed E-state index contributed by atoms with van der Waals surface area (Å²) in [5, 5.41) is 10.9. The van der Waals surface area contributed by atoms with Gasteiger partial charge < -0.3 is 4.74 Å². The van der Waals surface area contributed by atoms with E-state index < -0.39 is 0 Å². The number of fused-ring (bicyclic) bond motifs is 1. The summed E-state index contributed by atoms with van der Waals surface area (Å²) >= 11 is 0. The maximum atomic E-state index is 10.9. The van der Waals surface area contributed by atoms with E-state index >= 15 is 0 Å². The molecule has 0 saturated carbocycles. The van der Waals surface area contributed by atoms with E-state index in [0.717, 1.165) is 31.2 Å². The van der Waals surface area contributed by atoms with Crippen molar-refractivity contribution in [3.63, 3.8) is 0 Å². The van der Waals surface area contributed by atoms with Gasteiger partial charge in [0.05, 0.1) is 12.0 Å². The molecule has 0 N–H and O–H groups in total. The fourth-order valence-corrected chi connectivity index (χ4v) is 2.23. The Morgan fingerprint density at radius 1 is 1.19 bits per heavy atom. The molecule has 1 aromatic rings. The largest absolute Gasteiger partial charge is 0.490 e. The number of benzene rings is 1. The molecule has 1 aromatic carbocycles. The molecular weight excluding hydrogens is 206 g/mol. The van der Waals surface area contributed by atoms with Gasteiger partial charge in [-0.25, -0.2) is 0 Å². The third-order valence-electron chi connectivity index (χ3n) is 3.09. The van der Waals surface area contributed by atoms with Gasteiger partial charge in [-0.2, -0.15) is 0 Å². The highest BCUT2D eigenvalue weighted by atomic mass is 16.6. The molecule has 0 aromatic heterocycles. The third-order valence-corrected chi connectivity index (χ3v) is 3.09. The normalized spacial score (nSPS) is 15.1. The second-order valence-corrected chi connectivity index (χ2v) is 4.11. The van der Waals surface area contributed by atoms with Crippen LogP contribution in [0.5, 0.6) is 5.75 Å². The van der Waals surface area contributed by atoms with E-state index in [2.05, 4.69) is 0 Å². The number of ether oxygens (including phenoxy) is 1. The third kappa shape index (κ3) is 2.01. The van der Waals surface area contributed by atoms with Crippen LogP contribution in [-0.2, 0) is 12.8 Å². The van der Waals surface area contributed by atoms with Crippen LogP contribution in [0.2, 0.25) is 0 Å². The Balaban J connectivity index is 2.48. The van der Waals surface area contributed by atoms with Crippen molar-refractivity contribution in [2.24, 2.45) is 0 Å². The Hall–Kier alpha value is -1.58. The summed E-state index contributed by atoms with van der Waals surface area (Å²) in [6.45, 7) is 0. The highest BCUT2D eigenvalue weighted by Gasteiger charge is 2.19. The lowest BCUT2D eigenvalue weighted by molar-refractivity contribution is -0.385. The summed E-state index contributed by atoms with van der Waals surface area (Å²) in [7, 11) is 1.48. The van der Waals surface area contributed by atoms with Crippen LogP contribution in [0.3, 0.4) is 0 Å². The van der Waals surface area contributed by atoms with Crippen molar-refractivity contribution in [1.82, 2.24) is 0 Å². The van der Waals surface area contributed by atoms with Crippen LogP contribution in [0.4, 0.5) is 5.69 Å². The van der Waals surface area contributed by atoms with E-state index in [-0.39, 0.29) is 10.6 Å². The molecule has 0 aliphatic heterocycles. The molecule has 86 valence electrons. The molecule has 0 saturated heterocycles. The van der Waals surface area contributed by atoms with Gasteiger partial charge in [-0.3, -0.25) is 10.1 Å². The number of aryl methyl sites for hydroxylation is 2. The first kappa shape index (κ1) is 10.9. The van der Waals surface area contributed by atoms with Crippen molar-refractivity contribution >= 4 is 5.69 Å². The van der Waals surface area contributed by atoms with Gasteiger partial charge in [0.25, 0.3) is 0 Å². The minimum atomic E-state index is -0.371. The second-order valence-electron chi connectivity index (χ2n) is 4.11. The van der Waals surface area contributed by atoms with Crippen LogP contribution in [0.25, 0.3) is 0 Å². The molecule has 16 heavy (non-hydrogen) atoms. The minimum Gasteiger partial charge on any atom is -0.490 e. The topological polar surface area (TPSA) is 52.4 Å². The molecule has 4 heteroatoms. The Labute approximate surface area is 94.4 Å². The molecule has 2 rings (SSSR count). The van der Waals surface area contributed by atoms with Gasteiger partial charge in [-0.1, -0.05) is 6.42 Å². The van der Waals surface area contributed by atoms with Crippen molar-refractivity contribution in [3.05, 3.63) is 33.4 Å². The Morgan fingerprint density at radius 2 is 1.81 bits per heavy atom. The second kappa shape index (κ2) is 4.51. The van der Waals surface area contributed by atoms with Gasteiger partial charge in [0.2, 0.25) is 0 Å². The fraction of sp³-hybridized carbons (Fsp3) is 0.500. The molecule has 0 radical (unpaired) electrons. The molecule has 0 heterocycles. The molecule has 0 spiro atoms. The quantitative estimate of drug-likeness (QED) is 0.438. The number of hydrogen-bond donors (Lipinski definition) is 0. The first-order chi connectivity index (χ1) is 7.72. The van der Waals surface area contributed by atoms with E-state index in [4.69, 9.17) is 4.74 Å². The summed E-state index contributed by atoms with van der Waals surface area (Å²) < 4.78 is 5.07. The molecule has 0 amide bonds. The molecule has 0 atom stereocenters. The number of nitro groups is 1. The van der Waals surface area contributed by atoms with Crippen molar-refractivity contribution in [3.8, 4) is 5.75 Å². The van der Waals surface area contributed by atoms with Gasteiger partial charge in [-0.05, 0) is 42.9 Å². The number of nitro benzene ring substituents is 1. The first-order valence-electron chi connectivity index (χ1n) is 5.56. The maximum Gasteiger partial charge on any atom is 0.311 e. The SMILES string of the molecule is COc1cc2c(cc1[N+](=O)[O-])CCCCC2. The lowest BCUT2D eigenvalue weighted by Crippen LogP contribution is -1.99. The van der Waals surface area contributed by atoms with Crippen LogP contribution < -0.4 is 4.74 Å². The van der Waals surface area contributed by atoms with E-state index in [1.807, 2.05) is 6.07 Å². The average Bonchev–Trinajstić information content (AvgIpc) is 2.51. The minimum absolute atomic E-state index is 0.0862. The fourth-order valence-electron chi connectivity index (χ4n) is 2.23. The molecule has 1 aliphatic rings. The molecule has 0 fully saturated rings. The lowest BCUT2D eigenvalue weighted by Gasteiger charge is -2.08. The van der Waals surface area contributed by atoms with Gasteiger partial charge in [-0.15, -0.1) is 0 Å². The van der Waals surface area contributed by atoms with E-state index in [0.29, 0.717) is 5.75 Å². The van der Waals surface area contributed by atoms with Gasteiger partial charge in [0, 0.05) is 6.07 Å². The predicted molar refractivity (Wildman–Crippen MR) is 60.9 cm³/mol. The van der Waals surface area contributed by atoms with Crippen LogP contribution in [0, 0.1) is 10.1 Å². The highest BCUT2D eigenvalue weighted by molar-refractivity contribution is 5.52. The van der Waals surface area contributed by atoms with E-state index in [9.17, 15) is 10.1 Å². The Kier molecular flexibility index (Phi) is 3.08. The van der Waals surface area contributed by atoms with Crippen LogP contribution in [-0.4, -0.2) is 12.0 Å². The highest BCUT2D eigenvalue weighted by Crippen LogP contribution is 2.33. The summed E-state index contributed by atoms with van der Waals surface area (Å²) in [5.74, 6) is 0.380. The first-order valence-corrected chi connectivity index (χ1v) is 5.56. The summed E-state index contributed by atoms with van der Waals surface area (Å²) in [6.07, 6.45) is 5.43. The Morgan fingerprint density at radius 3 is 2.38 bits per heavy atom. The standard InChI is InChI=1S/C12H15NO3/c1-16-12-8-10-6-4-2-3-5-9(10)7-11(12)13(14)15/h7-8H,2-6H2,1H3. The Bertz CT molecular complexity index is 415. The van der Waals surface area contributed by atoms with Crippen molar-refractivity contribution in [2.75, 3.05) is 7.11 Å². The summed E-state index contributed by atoms with van der Waals surface area (Å²) in [5.41, 5.74) is 2.41. The molecular formula is C12H15NO3. The molecule has 1 aliphatic carbocycles. The van der Waals surface area contributed by atoms with Crippen LogP contribution in [0.15, 0.2) is 12.1 Å². The number of nitrogens with zero attached hydrogens (tertiary/aromatic N) is 1. The van der Waals surface area contributed by atoms with Crippen LogP contribution >= 0.6 is 0 Å². The van der Waals surface area contributed by atoms with Gasteiger partial charge in [0.1, 0.15) is 0 Å². The van der Waals surface area contributed by atoms with Gasteiger partial charge >= 0.3 is 5.69 Å². The zero-order chi connectivity index (χ0) is 11.5. The smallest absolute Gasteiger partial charge is 0.311 e. The zero-order valence-electron chi connectivity index (χ0n) is 9.36. The molecule has 0 unspecified atom stereocenters. The monoisotopic (exact) mass is 221 g/mol. The van der Waals surface area contributed by atoms with E-state index in [1.54, 1.807) is 6.07 Å². The van der Waals surface area contributed by atoms with E-state index in [1.165, 1.54) is 19.1 Å². The number of rotatable bonds is 2. The summed E-state index contributed by atoms with van der Waals surface area (Å²) in [4.78, 5) is 10.5. The van der Waals surface area contributed by atoms with Gasteiger partial charge in [0.15, 0.2) is 5.75 Å². The zero-order valence-corrected chi connectivity index (χ0v) is 9.36. The van der Waals surface area contributed by atoms with Crippen molar-refractivity contribution < 1.29 is 9.66 Å². The summed E-state index contributed by atoms with van der Waals surface area (Å²) in [6, 6.07) is 3.51. The predicted octanol–water partition coefficient (Wildman–Crippen LogP) is 2.87. The average molecular weight is 221 g/mol. The van der Waals surface area contributed by atoms with Crippen molar-refractivity contribution in [1.29, 1.82) is 0 Å². The molecule has 4 nitrogen and oxygen atoms in total. The maximum absolute atomic E-state index is 10.9.